The van der Waals surface area contributed by atoms with Crippen LogP contribution in [0.2, 0.25) is 0 Å². The maximum Gasteiger partial charge on any atom is 0.0619 e. The quantitative estimate of drug-likeness (QED) is 0.846. The molecule has 5 heteroatoms. The molecule has 0 spiro atoms. The topological polar surface area (TPSA) is 24.5 Å². The SMILES string of the molecule is CC1COCCN1CCNC1CCSCC1.Cl. The van der Waals surface area contributed by atoms with E-state index >= 15 is 0 Å². The van der Waals surface area contributed by atoms with Crippen molar-refractivity contribution in [2.75, 3.05) is 44.4 Å². The number of rotatable bonds is 4. The highest BCUT2D eigenvalue weighted by Gasteiger charge is 2.18. The molecule has 2 fully saturated rings. The first kappa shape index (κ1) is 15.6. The van der Waals surface area contributed by atoms with Gasteiger partial charge in [0.25, 0.3) is 0 Å². The number of hydrogen-bond donors (Lipinski definition) is 1. The van der Waals surface area contributed by atoms with Gasteiger partial charge in [-0.3, -0.25) is 4.90 Å². The summed E-state index contributed by atoms with van der Waals surface area (Å²) in [5.74, 6) is 2.68. The standard InChI is InChI=1S/C12H24N2OS.ClH/c1-11-10-15-7-6-14(11)5-4-13-12-2-8-16-9-3-12;/h11-13H,2-10H2,1H3;1H. The number of thioether (sulfide) groups is 1. The Labute approximate surface area is 115 Å². The fourth-order valence-electron chi connectivity index (χ4n) is 2.41. The lowest BCUT2D eigenvalue weighted by Gasteiger charge is -2.34. The van der Waals surface area contributed by atoms with Crippen LogP contribution in [0, 0.1) is 0 Å². The highest BCUT2D eigenvalue weighted by molar-refractivity contribution is 7.99. The summed E-state index contributed by atoms with van der Waals surface area (Å²) < 4.78 is 5.44. The number of nitrogens with one attached hydrogen (secondary N) is 1. The Kier molecular flexibility index (Phi) is 7.87. The zero-order valence-corrected chi connectivity index (χ0v) is 12.3. The molecule has 0 aromatic carbocycles. The summed E-state index contributed by atoms with van der Waals surface area (Å²) in [6, 6.07) is 1.37. The molecule has 2 rings (SSSR count). The molecule has 17 heavy (non-hydrogen) atoms. The average Bonchev–Trinajstić information content (AvgIpc) is 2.33. The van der Waals surface area contributed by atoms with Gasteiger partial charge in [-0.05, 0) is 31.3 Å². The molecule has 3 nitrogen and oxygen atoms in total. The number of nitrogens with zero attached hydrogens (tertiary/aromatic N) is 1. The summed E-state index contributed by atoms with van der Waals surface area (Å²) in [4.78, 5) is 2.54. The molecule has 2 aliphatic rings. The van der Waals surface area contributed by atoms with Crippen molar-refractivity contribution in [2.45, 2.75) is 31.8 Å². The van der Waals surface area contributed by atoms with Gasteiger partial charge < -0.3 is 10.1 Å². The lowest BCUT2D eigenvalue weighted by atomic mass is 10.1. The van der Waals surface area contributed by atoms with Crippen LogP contribution in [0.5, 0.6) is 0 Å². The van der Waals surface area contributed by atoms with Crippen molar-refractivity contribution < 1.29 is 4.74 Å². The van der Waals surface area contributed by atoms with E-state index in [0.717, 1.165) is 32.3 Å². The van der Waals surface area contributed by atoms with Crippen LogP contribution < -0.4 is 5.32 Å². The molecule has 2 saturated heterocycles. The van der Waals surface area contributed by atoms with Gasteiger partial charge in [-0.15, -0.1) is 12.4 Å². The van der Waals surface area contributed by atoms with E-state index in [4.69, 9.17) is 4.74 Å². The predicted octanol–water partition coefficient (Wildman–Crippen LogP) is 1.61. The Morgan fingerprint density at radius 2 is 2.12 bits per heavy atom. The molecule has 0 saturated carbocycles. The summed E-state index contributed by atoms with van der Waals surface area (Å²) in [7, 11) is 0. The van der Waals surface area contributed by atoms with Gasteiger partial charge in [0.2, 0.25) is 0 Å². The van der Waals surface area contributed by atoms with Crippen LogP contribution in [0.15, 0.2) is 0 Å². The van der Waals surface area contributed by atoms with Crippen molar-refractivity contribution >= 4 is 24.2 Å². The van der Waals surface area contributed by atoms with Gasteiger partial charge in [0, 0.05) is 31.7 Å². The summed E-state index contributed by atoms with van der Waals surface area (Å²) in [5.41, 5.74) is 0. The second-order valence-electron chi connectivity index (χ2n) is 4.80. The first-order chi connectivity index (χ1) is 7.86. The van der Waals surface area contributed by atoms with E-state index in [9.17, 15) is 0 Å². The van der Waals surface area contributed by atoms with Crippen LogP contribution in [0.1, 0.15) is 19.8 Å². The van der Waals surface area contributed by atoms with Crippen molar-refractivity contribution in [1.82, 2.24) is 10.2 Å². The fourth-order valence-corrected chi connectivity index (χ4v) is 3.51. The third kappa shape index (κ3) is 5.35. The molecule has 2 heterocycles. The van der Waals surface area contributed by atoms with E-state index in [1.54, 1.807) is 0 Å². The molecule has 1 atom stereocenters. The monoisotopic (exact) mass is 280 g/mol. The van der Waals surface area contributed by atoms with E-state index in [1.165, 1.54) is 30.9 Å². The molecule has 0 bridgehead atoms. The van der Waals surface area contributed by atoms with Crippen molar-refractivity contribution in [3.63, 3.8) is 0 Å². The van der Waals surface area contributed by atoms with Gasteiger partial charge >= 0.3 is 0 Å². The average molecular weight is 281 g/mol. The molecule has 2 aliphatic heterocycles. The Bertz CT molecular complexity index is 203. The maximum atomic E-state index is 5.44. The van der Waals surface area contributed by atoms with Crippen LogP contribution >= 0.6 is 24.2 Å². The zero-order chi connectivity index (χ0) is 11.2. The van der Waals surface area contributed by atoms with Crippen LogP contribution in [0.4, 0.5) is 0 Å². The highest BCUT2D eigenvalue weighted by atomic mass is 35.5. The van der Waals surface area contributed by atoms with Gasteiger partial charge in [-0.25, -0.2) is 0 Å². The van der Waals surface area contributed by atoms with E-state index in [0.29, 0.717) is 6.04 Å². The molecular formula is C12H25ClN2OS. The van der Waals surface area contributed by atoms with Gasteiger partial charge in [0.15, 0.2) is 0 Å². The van der Waals surface area contributed by atoms with Crippen LogP contribution in [0.3, 0.4) is 0 Å². The molecule has 0 aromatic heterocycles. The number of ether oxygens (including phenoxy) is 1. The number of hydrogen-bond acceptors (Lipinski definition) is 4. The third-order valence-electron chi connectivity index (χ3n) is 3.56. The van der Waals surface area contributed by atoms with Crippen molar-refractivity contribution in [3.05, 3.63) is 0 Å². The predicted molar refractivity (Wildman–Crippen MR) is 77.5 cm³/mol. The first-order valence-corrected chi connectivity index (χ1v) is 7.64. The largest absolute Gasteiger partial charge is 0.379 e. The molecule has 102 valence electrons. The Balaban J connectivity index is 0.00000144. The van der Waals surface area contributed by atoms with Crippen LogP contribution in [-0.4, -0.2) is 61.3 Å². The normalized spacial score (nSPS) is 27.7. The van der Waals surface area contributed by atoms with Crippen molar-refractivity contribution in [3.8, 4) is 0 Å². The van der Waals surface area contributed by atoms with Gasteiger partial charge in [-0.1, -0.05) is 0 Å². The summed E-state index contributed by atoms with van der Waals surface area (Å²) in [5, 5.41) is 3.69. The molecule has 1 N–H and O–H groups in total. The van der Waals surface area contributed by atoms with E-state index in [2.05, 4.69) is 28.9 Å². The third-order valence-corrected chi connectivity index (χ3v) is 4.61. The Hall–Kier alpha value is 0.520. The molecule has 1 unspecified atom stereocenters. The lowest BCUT2D eigenvalue weighted by Crippen LogP contribution is -2.47. The first-order valence-electron chi connectivity index (χ1n) is 6.49. The number of halogens is 1. The van der Waals surface area contributed by atoms with Gasteiger partial charge in [-0.2, -0.15) is 11.8 Å². The number of morpholine rings is 1. The summed E-state index contributed by atoms with van der Waals surface area (Å²) >= 11 is 2.09. The van der Waals surface area contributed by atoms with E-state index in [-0.39, 0.29) is 12.4 Å². The minimum absolute atomic E-state index is 0. The summed E-state index contributed by atoms with van der Waals surface area (Å²) in [6.45, 7) is 7.48. The van der Waals surface area contributed by atoms with Crippen LogP contribution in [-0.2, 0) is 4.74 Å². The van der Waals surface area contributed by atoms with Crippen LogP contribution in [0.25, 0.3) is 0 Å². The molecule has 0 aliphatic carbocycles. The maximum absolute atomic E-state index is 5.44. The smallest absolute Gasteiger partial charge is 0.0619 e. The minimum Gasteiger partial charge on any atom is -0.379 e. The minimum atomic E-state index is 0. The molecule has 0 aromatic rings. The van der Waals surface area contributed by atoms with Crippen molar-refractivity contribution in [2.24, 2.45) is 0 Å². The zero-order valence-electron chi connectivity index (χ0n) is 10.7. The molecular weight excluding hydrogens is 256 g/mol. The lowest BCUT2D eigenvalue weighted by molar-refractivity contribution is 0.000140. The Morgan fingerprint density at radius 3 is 2.82 bits per heavy atom. The van der Waals surface area contributed by atoms with Crippen molar-refractivity contribution in [1.29, 1.82) is 0 Å². The molecule has 0 amide bonds. The Morgan fingerprint density at radius 1 is 1.35 bits per heavy atom. The second kappa shape index (κ2) is 8.59. The summed E-state index contributed by atoms with van der Waals surface area (Å²) in [6.07, 6.45) is 2.70. The van der Waals surface area contributed by atoms with Gasteiger partial charge in [0.1, 0.15) is 0 Å². The fraction of sp³-hybridized carbons (Fsp3) is 1.00. The molecule has 0 radical (unpaired) electrons. The second-order valence-corrected chi connectivity index (χ2v) is 6.03. The highest BCUT2D eigenvalue weighted by Crippen LogP contribution is 2.16. The van der Waals surface area contributed by atoms with Gasteiger partial charge in [0.05, 0.1) is 13.2 Å². The van der Waals surface area contributed by atoms with E-state index in [1.807, 2.05) is 0 Å². The van der Waals surface area contributed by atoms with E-state index < -0.39 is 0 Å².